The molecule has 1 amide bonds. The predicted octanol–water partition coefficient (Wildman–Crippen LogP) is 2.44. The van der Waals surface area contributed by atoms with E-state index in [1.54, 1.807) is 43.4 Å². The quantitative estimate of drug-likeness (QED) is 0.577. The molecule has 0 radical (unpaired) electrons. The van der Waals surface area contributed by atoms with Crippen LogP contribution in [-0.4, -0.2) is 54.7 Å². The highest BCUT2D eigenvalue weighted by atomic mass is 16.6. The molecule has 1 N–H and O–H groups in total. The fourth-order valence-corrected chi connectivity index (χ4v) is 4.50. The van der Waals surface area contributed by atoms with Crippen molar-refractivity contribution in [2.45, 2.75) is 25.5 Å². The highest BCUT2D eigenvalue weighted by Crippen LogP contribution is 2.39. The number of amides is 1. The van der Waals surface area contributed by atoms with E-state index in [-0.39, 0.29) is 18.1 Å². The number of hydrogen-bond acceptors (Lipinski definition) is 7. The molecule has 0 saturated carbocycles. The number of anilines is 1. The lowest BCUT2D eigenvalue weighted by atomic mass is 9.95. The normalized spacial score (nSPS) is 18.2. The lowest BCUT2D eigenvalue weighted by Crippen LogP contribution is -2.45. The molecular formula is C22H25N3O6. The van der Waals surface area contributed by atoms with Crippen LogP contribution in [0, 0.1) is 10.1 Å². The molecule has 2 aliphatic rings. The number of hydrogen-bond donors (Lipinski definition) is 1. The first-order chi connectivity index (χ1) is 14.9. The highest BCUT2D eigenvalue weighted by molar-refractivity contribution is 5.96. The van der Waals surface area contributed by atoms with Crippen LogP contribution in [0.25, 0.3) is 0 Å². The van der Waals surface area contributed by atoms with Gasteiger partial charge in [-0.15, -0.1) is 0 Å². The Kier molecular flexibility index (Phi) is 5.79. The Balaban J connectivity index is 1.55. The van der Waals surface area contributed by atoms with E-state index in [9.17, 15) is 20.0 Å². The smallest absolute Gasteiger partial charge is 0.269 e. The number of fused-ring (bicyclic) bond motifs is 2. The summed E-state index contributed by atoms with van der Waals surface area (Å²) >= 11 is 0. The van der Waals surface area contributed by atoms with E-state index in [0.717, 1.165) is 23.2 Å². The van der Waals surface area contributed by atoms with Gasteiger partial charge in [0.2, 0.25) is 5.91 Å². The molecule has 0 fully saturated rings. The lowest BCUT2D eigenvalue weighted by Gasteiger charge is -2.36. The third-order valence-corrected chi connectivity index (χ3v) is 5.91. The first kappa shape index (κ1) is 21.1. The number of β-amino-alcohol motifs (C(OH)–C–C–N with tert-alkyl or cyclic N) is 1. The molecule has 9 nitrogen and oxygen atoms in total. The summed E-state index contributed by atoms with van der Waals surface area (Å²) in [7, 11) is 3.13. The molecule has 0 aromatic heterocycles. The number of nitro benzene ring substituents is 1. The van der Waals surface area contributed by atoms with Crippen LogP contribution >= 0.6 is 0 Å². The molecule has 0 unspecified atom stereocenters. The number of nitro groups is 1. The van der Waals surface area contributed by atoms with Crippen molar-refractivity contribution in [3.8, 4) is 11.5 Å². The third kappa shape index (κ3) is 3.94. The molecule has 31 heavy (non-hydrogen) atoms. The van der Waals surface area contributed by atoms with Gasteiger partial charge in [0, 0.05) is 48.6 Å². The summed E-state index contributed by atoms with van der Waals surface area (Å²) in [4.78, 5) is 27.4. The number of carbonyl (C=O) groups is 1. The Labute approximate surface area is 179 Å². The van der Waals surface area contributed by atoms with E-state index in [1.165, 1.54) is 6.07 Å². The number of aryl methyl sites for hydroxylation is 1. The van der Waals surface area contributed by atoms with Gasteiger partial charge in [-0.05, 0) is 36.6 Å². The number of aliphatic hydroxyl groups excluding tert-OH is 1. The Hall–Kier alpha value is -3.17. The zero-order valence-electron chi connectivity index (χ0n) is 17.5. The molecule has 2 aliphatic heterocycles. The Morgan fingerprint density at radius 3 is 2.68 bits per heavy atom. The topological polar surface area (TPSA) is 105 Å². The fraction of sp³-hybridized carbons (Fsp3) is 0.409. The summed E-state index contributed by atoms with van der Waals surface area (Å²) in [5.41, 5.74) is 3.07. The van der Waals surface area contributed by atoms with Crippen LogP contribution in [0.15, 0.2) is 30.3 Å². The van der Waals surface area contributed by atoms with Crippen molar-refractivity contribution in [2.75, 3.05) is 38.8 Å². The summed E-state index contributed by atoms with van der Waals surface area (Å²) in [5.74, 6) is 1.13. The van der Waals surface area contributed by atoms with Crippen molar-refractivity contribution in [3.05, 3.63) is 57.1 Å². The van der Waals surface area contributed by atoms with E-state index < -0.39 is 11.0 Å². The van der Waals surface area contributed by atoms with Gasteiger partial charge in [-0.1, -0.05) is 0 Å². The molecule has 2 aromatic carbocycles. The lowest BCUT2D eigenvalue weighted by molar-refractivity contribution is -0.384. The standard InChI is InChI=1S/C22H25N3O6/c1-30-19-7-8-20(31-2)22-16(19)11-23(12-18(22)26)13-21(27)24-9-3-4-14-10-15(25(28)29)5-6-17(14)24/h5-8,10,18,26H,3-4,9,11-13H2,1-2H3/t18-/m0/s1. The molecule has 9 heteroatoms. The number of nitrogens with zero attached hydrogens (tertiary/aromatic N) is 3. The molecule has 0 aliphatic carbocycles. The van der Waals surface area contributed by atoms with Gasteiger partial charge in [-0.2, -0.15) is 0 Å². The van der Waals surface area contributed by atoms with Crippen LogP contribution in [-0.2, 0) is 17.8 Å². The largest absolute Gasteiger partial charge is 0.496 e. The van der Waals surface area contributed by atoms with E-state index in [2.05, 4.69) is 0 Å². The number of non-ortho nitro benzene ring substituents is 1. The van der Waals surface area contributed by atoms with E-state index in [1.807, 2.05) is 4.90 Å². The average molecular weight is 427 g/mol. The molecule has 164 valence electrons. The summed E-state index contributed by atoms with van der Waals surface area (Å²) in [6, 6.07) is 8.20. The SMILES string of the molecule is COc1ccc(OC)c2c1CN(CC(=O)N1CCCc3cc([N+](=O)[O-])ccc31)C[C@@H]2O. The predicted molar refractivity (Wildman–Crippen MR) is 114 cm³/mol. The highest BCUT2D eigenvalue weighted by Gasteiger charge is 2.32. The third-order valence-electron chi connectivity index (χ3n) is 5.91. The van der Waals surface area contributed by atoms with Crippen molar-refractivity contribution in [1.82, 2.24) is 4.90 Å². The zero-order chi connectivity index (χ0) is 22.1. The van der Waals surface area contributed by atoms with Gasteiger partial charge in [-0.3, -0.25) is 19.8 Å². The number of rotatable bonds is 5. The molecule has 1 atom stereocenters. The number of aliphatic hydroxyl groups is 1. The van der Waals surface area contributed by atoms with Gasteiger partial charge < -0.3 is 19.5 Å². The second-order valence-electron chi connectivity index (χ2n) is 7.77. The number of ether oxygens (including phenoxy) is 2. The summed E-state index contributed by atoms with van der Waals surface area (Å²) in [6.07, 6.45) is 0.641. The fourth-order valence-electron chi connectivity index (χ4n) is 4.50. The van der Waals surface area contributed by atoms with Crippen LogP contribution in [0.3, 0.4) is 0 Å². The summed E-state index contributed by atoms with van der Waals surface area (Å²) < 4.78 is 10.9. The Morgan fingerprint density at radius 2 is 1.97 bits per heavy atom. The minimum atomic E-state index is -0.808. The van der Waals surface area contributed by atoms with E-state index in [4.69, 9.17) is 9.47 Å². The van der Waals surface area contributed by atoms with Crippen molar-refractivity contribution in [1.29, 1.82) is 0 Å². The van der Waals surface area contributed by atoms with Crippen LogP contribution in [0.4, 0.5) is 11.4 Å². The van der Waals surface area contributed by atoms with Crippen molar-refractivity contribution >= 4 is 17.3 Å². The minimum Gasteiger partial charge on any atom is -0.496 e. The van der Waals surface area contributed by atoms with Crippen molar-refractivity contribution in [3.63, 3.8) is 0 Å². The monoisotopic (exact) mass is 427 g/mol. The molecular weight excluding hydrogens is 402 g/mol. The first-order valence-corrected chi connectivity index (χ1v) is 10.1. The van der Waals surface area contributed by atoms with Gasteiger partial charge in [0.15, 0.2) is 0 Å². The van der Waals surface area contributed by atoms with Crippen LogP contribution in [0.1, 0.15) is 29.2 Å². The molecule has 2 heterocycles. The number of methoxy groups -OCH3 is 2. The molecule has 4 rings (SSSR count). The Bertz CT molecular complexity index is 1020. The summed E-state index contributed by atoms with van der Waals surface area (Å²) in [6.45, 7) is 1.42. The van der Waals surface area contributed by atoms with Crippen LogP contribution in [0.2, 0.25) is 0 Å². The second-order valence-corrected chi connectivity index (χ2v) is 7.77. The molecule has 2 aromatic rings. The maximum absolute atomic E-state index is 13.2. The van der Waals surface area contributed by atoms with Crippen molar-refractivity contribution in [2.24, 2.45) is 0 Å². The Morgan fingerprint density at radius 1 is 1.23 bits per heavy atom. The van der Waals surface area contributed by atoms with Crippen LogP contribution < -0.4 is 14.4 Å². The number of carbonyl (C=O) groups excluding carboxylic acids is 1. The number of benzene rings is 2. The molecule has 0 saturated heterocycles. The summed E-state index contributed by atoms with van der Waals surface area (Å²) in [5, 5.41) is 21.8. The van der Waals surface area contributed by atoms with E-state index in [0.29, 0.717) is 43.1 Å². The second kappa shape index (κ2) is 8.52. The van der Waals surface area contributed by atoms with Gasteiger partial charge in [-0.25, -0.2) is 0 Å². The minimum absolute atomic E-state index is 0.0323. The maximum atomic E-state index is 13.2. The first-order valence-electron chi connectivity index (χ1n) is 10.1. The van der Waals surface area contributed by atoms with Gasteiger partial charge in [0.25, 0.3) is 5.69 Å². The van der Waals surface area contributed by atoms with E-state index >= 15 is 0 Å². The van der Waals surface area contributed by atoms with Gasteiger partial charge in [0.05, 0.1) is 31.8 Å². The van der Waals surface area contributed by atoms with Crippen LogP contribution in [0.5, 0.6) is 11.5 Å². The maximum Gasteiger partial charge on any atom is 0.269 e. The van der Waals surface area contributed by atoms with Gasteiger partial charge in [0.1, 0.15) is 11.5 Å². The zero-order valence-corrected chi connectivity index (χ0v) is 17.5. The average Bonchev–Trinajstić information content (AvgIpc) is 2.77. The van der Waals surface area contributed by atoms with Gasteiger partial charge >= 0.3 is 0 Å². The van der Waals surface area contributed by atoms with Crippen molar-refractivity contribution < 1.29 is 24.3 Å². The molecule has 0 bridgehead atoms. The molecule has 0 spiro atoms.